The minimum absolute atomic E-state index is 0.0802. The molecular weight excluding hydrogens is 452 g/mol. The monoisotopic (exact) mass is 477 g/mol. The van der Waals surface area contributed by atoms with Crippen LogP contribution in [0.5, 0.6) is 0 Å². The van der Waals surface area contributed by atoms with Gasteiger partial charge in [-0.2, -0.15) is 0 Å². The van der Waals surface area contributed by atoms with Gasteiger partial charge in [0.05, 0.1) is 29.6 Å². The van der Waals surface area contributed by atoms with Crippen LogP contribution in [0.25, 0.3) is 5.57 Å². The van der Waals surface area contributed by atoms with Crippen molar-refractivity contribution in [2.24, 2.45) is 4.99 Å². The second-order valence-electron chi connectivity index (χ2n) is 8.04. The Balaban J connectivity index is 1.62. The molecule has 1 aliphatic heterocycles. The fourth-order valence-corrected chi connectivity index (χ4v) is 4.11. The van der Waals surface area contributed by atoms with Gasteiger partial charge in [-0.15, -0.1) is 0 Å². The average molecular weight is 478 g/mol. The highest BCUT2D eigenvalue weighted by Gasteiger charge is 2.28. The SMILES string of the molecule is COC(c1ccccn1)[C@H](CCO)NC(=O)c1cccc(F)c1C1=NCC(c2ccc(F)cc2)=C1. The number of aliphatic imine (C=N–C) groups is 1. The summed E-state index contributed by atoms with van der Waals surface area (Å²) in [5, 5.41) is 12.5. The van der Waals surface area contributed by atoms with E-state index in [9.17, 15) is 14.3 Å². The number of pyridine rings is 1. The first-order valence-corrected chi connectivity index (χ1v) is 11.2. The predicted octanol–water partition coefficient (Wildman–Crippen LogP) is 4.11. The summed E-state index contributed by atoms with van der Waals surface area (Å²) in [5.41, 5.74) is 2.69. The Morgan fingerprint density at radius 1 is 1.11 bits per heavy atom. The smallest absolute Gasteiger partial charge is 0.252 e. The zero-order chi connectivity index (χ0) is 24.8. The lowest BCUT2D eigenvalue weighted by Gasteiger charge is -2.26. The van der Waals surface area contributed by atoms with Crippen LogP contribution in [-0.2, 0) is 4.74 Å². The van der Waals surface area contributed by atoms with Crippen LogP contribution in [0.2, 0.25) is 0 Å². The summed E-state index contributed by atoms with van der Waals surface area (Å²) in [4.78, 5) is 22.1. The third kappa shape index (κ3) is 5.50. The van der Waals surface area contributed by atoms with Crippen molar-refractivity contribution in [2.75, 3.05) is 20.3 Å². The van der Waals surface area contributed by atoms with E-state index in [2.05, 4.69) is 15.3 Å². The molecule has 0 aliphatic carbocycles. The van der Waals surface area contributed by atoms with E-state index in [-0.39, 0.29) is 36.5 Å². The lowest BCUT2D eigenvalue weighted by Crippen LogP contribution is -2.41. The van der Waals surface area contributed by atoms with Crippen LogP contribution in [0, 0.1) is 11.6 Å². The van der Waals surface area contributed by atoms with Gasteiger partial charge in [0.1, 0.15) is 17.7 Å². The van der Waals surface area contributed by atoms with Crippen molar-refractivity contribution in [1.29, 1.82) is 0 Å². The number of ether oxygens (including phenoxy) is 1. The molecule has 1 aliphatic rings. The molecule has 6 nitrogen and oxygen atoms in total. The van der Waals surface area contributed by atoms with Gasteiger partial charge >= 0.3 is 0 Å². The van der Waals surface area contributed by atoms with Crippen LogP contribution in [0.1, 0.15) is 39.7 Å². The molecule has 0 spiro atoms. The number of nitrogens with zero attached hydrogens (tertiary/aromatic N) is 2. The van der Waals surface area contributed by atoms with Crippen LogP contribution < -0.4 is 5.32 Å². The first-order valence-electron chi connectivity index (χ1n) is 11.2. The summed E-state index contributed by atoms with van der Waals surface area (Å²) in [5.74, 6) is -1.46. The van der Waals surface area contributed by atoms with Crippen molar-refractivity contribution < 1.29 is 23.4 Å². The van der Waals surface area contributed by atoms with Gasteiger partial charge in [0.15, 0.2) is 0 Å². The Kier molecular flexibility index (Phi) is 7.74. The molecule has 1 unspecified atom stereocenters. The number of halogens is 2. The minimum atomic E-state index is -0.613. The highest BCUT2D eigenvalue weighted by molar-refractivity contribution is 6.19. The summed E-state index contributed by atoms with van der Waals surface area (Å²) in [6.45, 7) is 0.0963. The van der Waals surface area contributed by atoms with Gasteiger partial charge in [-0.1, -0.05) is 24.3 Å². The maximum absolute atomic E-state index is 15.0. The minimum Gasteiger partial charge on any atom is -0.396 e. The molecule has 35 heavy (non-hydrogen) atoms. The van der Waals surface area contributed by atoms with Crippen LogP contribution in [0.4, 0.5) is 8.78 Å². The third-order valence-corrected chi connectivity index (χ3v) is 5.82. The van der Waals surface area contributed by atoms with Crippen LogP contribution >= 0.6 is 0 Å². The number of rotatable bonds is 9. The largest absolute Gasteiger partial charge is 0.396 e. The number of aliphatic hydroxyl groups is 1. The van der Waals surface area contributed by atoms with E-state index >= 15 is 4.39 Å². The number of hydrogen-bond donors (Lipinski definition) is 2. The zero-order valence-corrected chi connectivity index (χ0v) is 19.1. The zero-order valence-electron chi connectivity index (χ0n) is 19.1. The predicted molar refractivity (Wildman–Crippen MR) is 129 cm³/mol. The van der Waals surface area contributed by atoms with Crippen LogP contribution in [0.3, 0.4) is 0 Å². The van der Waals surface area contributed by atoms with Gasteiger partial charge in [0.25, 0.3) is 5.91 Å². The van der Waals surface area contributed by atoms with Crippen molar-refractivity contribution in [3.8, 4) is 0 Å². The first kappa shape index (κ1) is 24.4. The molecule has 2 N–H and O–H groups in total. The maximum atomic E-state index is 15.0. The van der Waals surface area contributed by atoms with Crippen molar-refractivity contribution in [3.05, 3.63) is 107 Å². The molecule has 2 atom stereocenters. The van der Waals surface area contributed by atoms with E-state index in [0.717, 1.165) is 11.1 Å². The first-order chi connectivity index (χ1) is 17.0. The number of carbonyl (C=O) groups is 1. The lowest BCUT2D eigenvalue weighted by molar-refractivity contribution is 0.0502. The second-order valence-corrected chi connectivity index (χ2v) is 8.04. The van der Waals surface area contributed by atoms with Crippen molar-refractivity contribution in [3.63, 3.8) is 0 Å². The summed E-state index contributed by atoms with van der Waals surface area (Å²) in [6, 6.07) is 15.0. The Labute approximate surface area is 202 Å². The molecule has 0 saturated carbocycles. The molecule has 2 aromatic carbocycles. The molecule has 1 aromatic heterocycles. The summed E-state index contributed by atoms with van der Waals surface area (Å²) >= 11 is 0. The van der Waals surface area contributed by atoms with E-state index < -0.39 is 23.9 Å². The van der Waals surface area contributed by atoms with E-state index in [1.165, 1.54) is 37.4 Å². The number of benzene rings is 2. The average Bonchev–Trinajstić information content (AvgIpc) is 3.35. The fraction of sp³-hybridized carbons (Fsp3) is 0.222. The summed E-state index contributed by atoms with van der Waals surface area (Å²) in [6.07, 6.45) is 2.92. The third-order valence-electron chi connectivity index (χ3n) is 5.82. The van der Waals surface area contributed by atoms with Gasteiger partial charge in [-0.25, -0.2) is 8.78 Å². The van der Waals surface area contributed by atoms with Gasteiger partial charge in [-0.05, 0) is 60.0 Å². The molecule has 0 saturated heterocycles. The normalized spacial score (nSPS) is 14.7. The van der Waals surface area contributed by atoms with Gasteiger partial charge < -0.3 is 15.2 Å². The molecule has 0 fully saturated rings. The Morgan fingerprint density at radius 3 is 2.60 bits per heavy atom. The van der Waals surface area contributed by atoms with Crippen LogP contribution in [0.15, 0.2) is 77.9 Å². The number of nitrogens with one attached hydrogen (secondary N) is 1. The topological polar surface area (TPSA) is 83.8 Å². The number of amides is 1. The van der Waals surface area contributed by atoms with Crippen molar-refractivity contribution in [1.82, 2.24) is 10.3 Å². The molecule has 4 rings (SSSR count). The summed E-state index contributed by atoms with van der Waals surface area (Å²) < 4.78 is 33.9. The number of allylic oxidation sites excluding steroid dienone is 1. The molecule has 0 bridgehead atoms. The van der Waals surface area contributed by atoms with E-state index in [1.54, 1.807) is 42.6 Å². The molecule has 2 heterocycles. The van der Waals surface area contributed by atoms with Gasteiger partial charge in [0.2, 0.25) is 0 Å². The molecule has 180 valence electrons. The maximum Gasteiger partial charge on any atom is 0.252 e. The van der Waals surface area contributed by atoms with E-state index in [4.69, 9.17) is 4.74 Å². The number of methoxy groups -OCH3 is 1. The second kappa shape index (κ2) is 11.1. The molecule has 8 heteroatoms. The summed E-state index contributed by atoms with van der Waals surface area (Å²) in [7, 11) is 1.50. The highest BCUT2D eigenvalue weighted by atomic mass is 19.1. The lowest BCUT2D eigenvalue weighted by atomic mass is 9.98. The quantitative estimate of drug-likeness (QED) is 0.486. The van der Waals surface area contributed by atoms with Crippen molar-refractivity contribution in [2.45, 2.75) is 18.6 Å². The number of hydrogen-bond acceptors (Lipinski definition) is 5. The highest BCUT2D eigenvalue weighted by Crippen LogP contribution is 2.26. The number of aliphatic hydroxyl groups excluding tert-OH is 1. The van der Waals surface area contributed by atoms with Crippen LogP contribution in [-0.4, -0.2) is 48.0 Å². The fourth-order valence-electron chi connectivity index (χ4n) is 4.11. The Hall–Kier alpha value is -3.75. The van der Waals surface area contributed by atoms with Gasteiger partial charge in [0, 0.05) is 25.5 Å². The number of aromatic nitrogens is 1. The number of carbonyl (C=O) groups excluding carboxylic acids is 1. The molecule has 0 radical (unpaired) electrons. The van der Waals surface area contributed by atoms with E-state index in [0.29, 0.717) is 11.4 Å². The van der Waals surface area contributed by atoms with Crippen molar-refractivity contribution >= 4 is 17.2 Å². The standard InChI is InChI=1S/C27H25F2N3O3/c1-35-26(22-7-2-3-13-30-22)23(12-14-33)32-27(34)20-5-4-6-21(29)25(20)24-15-18(16-31-24)17-8-10-19(28)11-9-17/h2-11,13,15,23,26,33H,12,14,16H2,1H3,(H,32,34)/t23-,26?/m0/s1. The Bertz CT molecular complexity index is 1240. The van der Waals surface area contributed by atoms with Gasteiger partial charge in [-0.3, -0.25) is 14.8 Å². The van der Waals surface area contributed by atoms with E-state index in [1.807, 2.05) is 0 Å². The molecule has 3 aromatic rings. The molecule has 1 amide bonds. The Morgan fingerprint density at radius 2 is 1.91 bits per heavy atom. The molecular formula is C27H25F2N3O3.